The molecule has 25 heavy (non-hydrogen) atoms. The molecular formula is C19H18N4O2. The van der Waals surface area contributed by atoms with Crippen LogP contribution in [0.1, 0.15) is 10.4 Å². The van der Waals surface area contributed by atoms with E-state index in [1.54, 1.807) is 18.2 Å². The van der Waals surface area contributed by atoms with Crippen molar-refractivity contribution in [3.63, 3.8) is 0 Å². The van der Waals surface area contributed by atoms with Crippen molar-refractivity contribution in [1.82, 2.24) is 15.3 Å². The Morgan fingerprint density at radius 3 is 2.48 bits per heavy atom. The lowest BCUT2D eigenvalue weighted by Gasteiger charge is -2.29. The van der Waals surface area contributed by atoms with Crippen molar-refractivity contribution in [3.05, 3.63) is 54.1 Å². The summed E-state index contributed by atoms with van der Waals surface area (Å²) in [6.07, 6.45) is 0. The van der Waals surface area contributed by atoms with E-state index in [9.17, 15) is 9.90 Å². The molecule has 4 rings (SSSR count). The fourth-order valence-corrected chi connectivity index (χ4v) is 3.06. The van der Waals surface area contributed by atoms with Crippen LogP contribution in [-0.4, -0.2) is 47.2 Å². The third kappa shape index (κ3) is 3.04. The van der Waals surface area contributed by atoms with Gasteiger partial charge in [-0.15, -0.1) is 0 Å². The van der Waals surface area contributed by atoms with E-state index in [-0.39, 0.29) is 5.56 Å². The Morgan fingerprint density at radius 1 is 1.00 bits per heavy atom. The van der Waals surface area contributed by atoms with Gasteiger partial charge in [0.1, 0.15) is 5.69 Å². The van der Waals surface area contributed by atoms with E-state index in [1.165, 1.54) is 0 Å². The van der Waals surface area contributed by atoms with Crippen LogP contribution < -0.4 is 10.2 Å². The van der Waals surface area contributed by atoms with Crippen LogP contribution in [-0.2, 0) is 0 Å². The summed E-state index contributed by atoms with van der Waals surface area (Å²) in [5.74, 6) is -0.151. The summed E-state index contributed by atoms with van der Waals surface area (Å²) in [4.78, 5) is 23.1. The molecule has 0 amide bonds. The Hall–Kier alpha value is -2.99. The van der Waals surface area contributed by atoms with Crippen LogP contribution in [0.25, 0.3) is 22.3 Å². The molecule has 0 radical (unpaired) electrons. The molecule has 126 valence electrons. The standard InChI is InChI=1S/C19H18N4O2/c24-19(25)14-6-7-15-16(12-14)22-18(23-10-8-20-9-11-23)17(21-15)13-4-2-1-3-5-13/h1-7,12,20H,8-11H2,(H,24,25). The Labute approximate surface area is 145 Å². The molecule has 1 aliphatic rings. The van der Waals surface area contributed by atoms with E-state index < -0.39 is 5.97 Å². The first-order valence-corrected chi connectivity index (χ1v) is 8.28. The van der Waals surface area contributed by atoms with E-state index >= 15 is 0 Å². The highest BCUT2D eigenvalue weighted by Crippen LogP contribution is 2.30. The van der Waals surface area contributed by atoms with Gasteiger partial charge in [-0.3, -0.25) is 0 Å². The lowest BCUT2D eigenvalue weighted by atomic mass is 10.1. The summed E-state index contributed by atoms with van der Waals surface area (Å²) in [7, 11) is 0. The van der Waals surface area contributed by atoms with Gasteiger partial charge in [0.15, 0.2) is 5.82 Å². The Morgan fingerprint density at radius 2 is 1.76 bits per heavy atom. The number of benzene rings is 2. The molecule has 0 bridgehead atoms. The van der Waals surface area contributed by atoms with Gasteiger partial charge in [-0.1, -0.05) is 30.3 Å². The highest BCUT2D eigenvalue weighted by Gasteiger charge is 2.19. The molecule has 0 aliphatic carbocycles. The average molecular weight is 334 g/mol. The maximum Gasteiger partial charge on any atom is 0.335 e. The zero-order valence-electron chi connectivity index (χ0n) is 13.6. The number of aromatic carboxylic acids is 1. The van der Waals surface area contributed by atoms with Crippen molar-refractivity contribution < 1.29 is 9.90 Å². The maximum atomic E-state index is 11.3. The van der Waals surface area contributed by atoms with Gasteiger partial charge >= 0.3 is 5.97 Å². The molecule has 3 aromatic rings. The number of carboxylic acids is 1. The van der Waals surface area contributed by atoms with E-state index in [1.807, 2.05) is 30.3 Å². The summed E-state index contributed by atoms with van der Waals surface area (Å²) in [5, 5.41) is 12.6. The summed E-state index contributed by atoms with van der Waals surface area (Å²) >= 11 is 0. The summed E-state index contributed by atoms with van der Waals surface area (Å²) < 4.78 is 0. The third-order valence-corrected chi connectivity index (χ3v) is 4.36. The van der Waals surface area contributed by atoms with Crippen molar-refractivity contribution >= 4 is 22.8 Å². The molecule has 0 atom stereocenters. The average Bonchev–Trinajstić information content (AvgIpc) is 2.68. The molecule has 6 nitrogen and oxygen atoms in total. The van der Waals surface area contributed by atoms with Gasteiger partial charge in [0, 0.05) is 31.7 Å². The molecule has 0 unspecified atom stereocenters. The number of rotatable bonds is 3. The summed E-state index contributed by atoms with van der Waals surface area (Å²) in [6, 6.07) is 14.9. The zero-order valence-corrected chi connectivity index (χ0v) is 13.6. The molecule has 2 N–H and O–H groups in total. The predicted molar refractivity (Wildman–Crippen MR) is 97.0 cm³/mol. The van der Waals surface area contributed by atoms with Crippen LogP contribution in [0.2, 0.25) is 0 Å². The Kier molecular flexibility index (Phi) is 4.03. The second kappa shape index (κ2) is 6.49. The van der Waals surface area contributed by atoms with Crippen molar-refractivity contribution in [2.45, 2.75) is 0 Å². The normalized spacial score (nSPS) is 14.6. The van der Waals surface area contributed by atoms with Crippen LogP contribution >= 0.6 is 0 Å². The van der Waals surface area contributed by atoms with E-state index in [0.29, 0.717) is 11.0 Å². The van der Waals surface area contributed by atoms with Crippen molar-refractivity contribution in [2.75, 3.05) is 31.1 Å². The molecule has 0 saturated carbocycles. The van der Waals surface area contributed by atoms with Gasteiger partial charge in [0.05, 0.1) is 16.6 Å². The molecule has 2 aromatic carbocycles. The Balaban J connectivity index is 1.91. The second-order valence-electron chi connectivity index (χ2n) is 6.01. The van der Waals surface area contributed by atoms with Gasteiger partial charge in [-0.25, -0.2) is 14.8 Å². The van der Waals surface area contributed by atoms with Crippen molar-refractivity contribution in [1.29, 1.82) is 0 Å². The number of piperazine rings is 1. The maximum absolute atomic E-state index is 11.3. The minimum Gasteiger partial charge on any atom is -0.478 e. The molecule has 1 aliphatic heterocycles. The fourth-order valence-electron chi connectivity index (χ4n) is 3.06. The SMILES string of the molecule is O=C(O)c1ccc2nc(-c3ccccc3)c(N3CCNCC3)nc2c1. The van der Waals surface area contributed by atoms with Gasteiger partial charge in [-0.05, 0) is 18.2 Å². The highest BCUT2D eigenvalue weighted by molar-refractivity contribution is 5.93. The number of hydrogen-bond acceptors (Lipinski definition) is 5. The minimum absolute atomic E-state index is 0.223. The second-order valence-corrected chi connectivity index (χ2v) is 6.01. The number of nitrogens with one attached hydrogen (secondary N) is 1. The lowest BCUT2D eigenvalue weighted by molar-refractivity contribution is 0.0697. The van der Waals surface area contributed by atoms with Crippen molar-refractivity contribution in [3.8, 4) is 11.3 Å². The van der Waals surface area contributed by atoms with Crippen LogP contribution in [0.15, 0.2) is 48.5 Å². The molecule has 1 saturated heterocycles. The highest BCUT2D eigenvalue weighted by atomic mass is 16.4. The minimum atomic E-state index is -0.959. The quantitative estimate of drug-likeness (QED) is 0.766. The smallest absolute Gasteiger partial charge is 0.335 e. The monoisotopic (exact) mass is 334 g/mol. The number of anilines is 1. The van der Waals surface area contributed by atoms with Crippen molar-refractivity contribution in [2.24, 2.45) is 0 Å². The van der Waals surface area contributed by atoms with Gasteiger partial charge in [0.2, 0.25) is 0 Å². The first kappa shape index (κ1) is 15.5. The number of fused-ring (bicyclic) bond motifs is 1. The molecule has 2 heterocycles. The van der Waals surface area contributed by atoms with E-state index in [2.05, 4.69) is 10.2 Å². The molecular weight excluding hydrogens is 316 g/mol. The fraction of sp³-hybridized carbons (Fsp3) is 0.211. The zero-order chi connectivity index (χ0) is 17.2. The first-order valence-electron chi connectivity index (χ1n) is 8.28. The molecule has 6 heteroatoms. The number of aromatic nitrogens is 2. The van der Waals surface area contributed by atoms with Gasteiger partial charge in [0.25, 0.3) is 0 Å². The number of carbonyl (C=O) groups is 1. The lowest BCUT2D eigenvalue weighted by Crippen LogP contribution is -2.44. The molecule has 1 aromatic heterocycles. The third-order valence-electron chi connectivity index (χ3n) is 4.36. The van der Waals surface area contributed by atoms with Crippen LogP contribution in [0, 0.1) is 0 Å². The number of carboxylic acid groups (broad SMARTS) is 1. The van der Waals surface area contributed by atoms with Crippen LogP contribution in [0.4, 0.5) is 5.82 Å². The largest absolute Gasteiger partial charge is 0.478 e. The predicted octanol–water partition coefficient (Wildman–Crippen LogP) is 2.40. The van der Waals surface area contributed by atoms with Gasteiger partial charge in [-0.2, -0.15) is 0 Å². The summed E-state index contributed by atoms with van der Waals surface area (Å²) in [5.41, 5.74) is 3.36. The molecule has 0 spiro atoms. The van der Waals surface area contributed by atoms with Gasteiger partial charge < -0.3 is 15.3 Å². The molecule has 1 fully saturated rings. The van der Waals surface area contributed by atoms with E-state index in [0.717, 1.165) is 43.3 Å². The van der Waals surface area contributed by atoms with E-state index in [4.69, 9.17) is 9.97 Å². The number of hydrogen-bond donors (Lipinski definition) is 2. The number of nitrogens with zero attached hydrogens (tertiary/aromatic N) is 3. The first-order chi connectivity index (χ1) is 12.2. The van der Waals surface area contributed by atoms with Crippen LogP contribution in [0.3, 0.4) is 0 Å². The van der Waals surface area contributed by atoms with Crippen LogP contribution in [0.5, 0.6) is 0 Å². The Bertz CT molecular complexity index is 921. The summed E-state index contributed by atoms with van der Waals surface area (Å²) in [6.45, 7) is 3.48. The topological polar surface area (TPSA) is 78.3 Å².